The van der Waals surface area contributed by atoms with Gasteiger partial charge in [-0.2, -0.15) is 4.79 Å². The van der Waals surface area contributed by atoms with Crippen molar-refractivity contribution in [1.82, 2.24) is 4.90 Å². The highest BCUT2D eigenvalue weighted by atomic mass is 35.5. The van der Waals surface area contributed by atoms with Gasteiger partial charge in [0.05, 0.1) is 26.0 Å². The molecular formula is C12H16ClN3O3. The Bertz CT molecular complexity index is 463. The fraction of sp³-hybridized carbons (Fsp3) is 0.583. The summed E-state index contributed by atoms with van der Waals surface area (Å²) >= 11 is 6.22. The minimum atomic E-state index is -0.491. The first-order valence-corrected chi connectivity index (χ1v) is 6.34. The Balaban J connectivity index is 2.39. The van der Waals surface area contributed by atoms with Crippen LogP contribution in [0.1, 0.15) is 0 Å². The molecule has 0 bridgehead atoms. The van der Waals surface area contributed by atoms with Gasteiger partial charge in [-0.3, -0.25) is 0 Å². The Morgan fingerprint density at radius 2 is 2.11 bits per heavy atom. The molecule has 6 nitrogen and oxygen atoms in total. The molecule has 1 unspecified atom stereocenters. The van der Waals surface area contributed by atoms with Crippen LogP contribution in [-0.2, 0) is 14.2 Å². The maximum absolute atomic E-state index is 9.04. The minimum Gasteiger partial charge on any atom is -0.493 e. The summed E-state index contributed by atoms with van der Waals surface area (Å²) in [4.78, 5) is 5.31. The van der Waals surface area contributed by atoms with Gasteiger partial charge in [-0.1, -0.05) is 11.6 Å². The molecule has 2 rings (SSSR count). The van der Waals surface area contributed by atoms with Gasteiger partial charge in [-0.05, 0) is 6.08 Å². The monoisotopic (exact) mass is 285 g/mol. The zero-order valence-corrected chi connectivity index (χ0v) is 11.7. The largest absolute Gasteiger partial charge is 0.493 e. The van der Waals surface area contributed by atoms with Gasteiger partial charge in [0.2, 0.25) is 0 Å². The van der Waals surface area contributed by atoms with E-state index in [4.69, 9.17) is 31.3 Å². The van der Waals surface area contributed by atoms with Crippen molar-refractivity contribution in [1.29, 1.82) is 0 Å². The molecule has 0 aromatic heterocycles. The van der Waals surface area contributed by atoms with Crippen molar-refractivity contribution >= 4 is 17.3 Å². The van der Waals surface area contributed by atoms with Gasteiger partial charge >= 0.3 is 5.71 Å². The van der Waals surface area contributed by atoms with Crippen molar-refractivity contribution < 1.29 is 19.0 Å². The molecule has 0 saturated carbocycles. The molecule has 1 aliphatic carbocycles. The average molecular weight is 286 g/mol. The summed E-state index contributed by atoms with van der Waals surface area (Å²) < 4.78 is 16.0. The quantitative estimate of drug-likeness (QED) is 0.573. The molecule has 1 aliphatic heterocycles. The molecule has 0 spiro atoms. The van der Waals surface area contributed by atoms with E-state index in [0.29, 0.717) is 19.0 Å². The number of nitrogens with zero attached hydrogens (tertiary/aromatic N) is 3. The van der Waals surface area contributed by atoms with E-state index in [1.165, 1.54) is 14.2 Å². The van der Waals surface area contributed by atoms with Gasteiger partial charge in [-0.25, -0.2) is 0 Å². The van der Waals surface area contributed by atoms with Crippen molar-refractivity contribution in [2.24, 2.45) is 0 Å². The third-order valence-electron chi connectivity index (χ3n) is 3.15. The second-order valence-electron chi connectivity index (χ2n) is 4.14. The second-order valence-corrected chi connectivity index (χ2v) is 4.52. The Hall–Kier alpha value is -1.33. The molecule has 7 heteroatoms. The van der Waals surface area contributed by atoms with Crippen LogP contribution < -0.4 is 0 Å². The summed E-state index contributed by atoms with van der Waals surface area (Å²) in [7, 11) is 3.07. The number of rotatable bonds is 3. The van der Waals surface area contributed by atoms with E-state index in [-0.39, 0.29) is 10.7 Å². The minimum absolute atomic E-state index is 0.248. The Morgan fingerprint density at radius 3 is 2.63 bits per heavy atom. The van der Waals surface area contributed by atoms with E-state index in [1.807, 2.05) is 6.08 Å². The van der Waals surface area contributed by atoms with Crippen molar-refractivity contribution in [2.75, 3.05) is 40.5 Å². The normalized spacial score (nSPS) is 24.2. The van der Waals surface area contributed by atoms with E-state index >= 15 is 0 Å². The molecule has 0 aromatic rings. The second kappa shape index (κ2) is 6.21. The smallest absolute Gasteiger partial charge is 0.346 e. The van der Waals surface area contributed by atoms with E-state index in [0.717, 1.165) is 18.8 Å². The zero-order chi connectivity index (χ0) is 13.8. The van der Waals surface area contributed by atoms with Gasteiger partial charge in [0.25, 0.3) is 0 Å². The van der Waals surface area contributed by atoms with Crippen LogP contribution in [0.15, 0.2) is 22.6 Å². The lowest BCUT2D eigenvalue weighted by molar-refractivity contribution is -0.0201. The highest BCUT2D eigenvalue weighted by molar-refractivity contribution is 6.44. The molecule has 1 heterocycles. The van der Waals surface area contributed by atoms with Crippen LogP contribution in [0.5, 0.6) is 0 Å². The lowest BCUT2D eigenvalue weighted by atomic mass is 10.0. The molecule has 19 heavy (non-hydrogen) atoms. The highest BCUT2D eigenvalue weighted by Crippen LogP contribution is 2.30. The number of methoxy groups -OCH3 is 2. The van der Waals surface area contributed by atoms with E-state index in [2.05, 4.69) is 9.69 Å². The fourth-order valence-electron chi connectivity index (χ4n) is 2.18. The molecule has 0 N–H and O–H groups in total. The van der Waals surface area contributed by atoms with Gasteiger partial charge in [0, 0.05) is 20.2 Å². The topological polar surface area (TPSA) is 67.3 Å². The van der Waals surface area contributed by atoms with Gasteiger partial charge in [-0.15, -0.1) is 0 Å². The summed E-state index contributed by atoms with van der Waals surface area (Å²) in [5.41, 5.74) is 10.1. The van der Waals surface area contributed by atoms with E-state index in [9.17, 15) is 0 Å². The van der Waals surface area contributed by atoms with E-state index in [1.54, 1.807) is 0 Å². The van der Waals surface area contributed by atoms with Crippen LogP contribution in [0.25, 0.3) is 5.53 Å². The van der Waals surface area contributed by atoms with Crippen LogP contribution in [0, 0.1) is 0 Å². The van der Waals surface area contributed by atoms with Gasteiger partial charge in [0.15, 0.2) is 16.9 Å². The van der Waals surface area contributed by atoms with Gasteiger partial charge < -0.3 is 24.6 Å². The molecule has 104 valence electrons. The molecular weight excluding hydrogens is 270 g/mol. The first kappa shape index (κ1) is 14.1. The molecule has 1 atom stereocenters. The molecule has 2 aliphatic rings. The van der Waals surface area contributed by atoms with Crippen LogP contribution in [-0.4, -0.2) is 62.0 Å². The number of halogens is 1. The van der Waals surface area contributed by atoms with Crippen LogP contribution in [0.2, 0.25) is 0 Å². The van der Waals surface area contributed by atoms with Crippen LogP contribution in [0.3, 0.4) is 0 Å². The molecule has 1 saturated heterocycles. The van der Waals surface area contributed by atoms with Crippen molar-refractivity contribution in [3.63, 3.8) is 0 Å². The molecule has 0 aromatic carbocycles. The number of ether oxygens (including phenoxy) is 3. The molecule has 0 amide bonds. The summed E-state index contributed by atoms with van der Waals surface area (Å²) in [6.45, 7) is 2.82. The van der Waals surface area contributed by atoms with Gasteiger partial charge in [0.1, 0.15) is 0 Å². The predicted molar refractivity (Wildman–Crippen MR) is 69.8 cm³/mol. The first-order valence-electron chi connectivity index (χ1n) is 5.96. The van der Waals surface area contributed by atoms with Crippen LogP contribution >= 0.6 is 11.6 Å². The Morgan fingerprint density at radius 1 is 1.42 bits per heavy atom. The maximum Gasteiger partial charge on any atom is 0.346 e. The molecule has 0 radical (unpaired) electrons. The Labute approximate surface area is 116 Å². The predicted octanol–water partition coefficient (Wildman–Crippen LogP) is 0.999. The summed E-state index contributed by atoms with van der Waals surface area (Å²) in [5, 5.41) is 0.265. The van der Waals surface area contributed by atoms with Crippen molar-refractivity contribution in [3.8, 4) is 0 Å². The third-order valence-corrected chi connectivity index (χ3v) is 3.52. The third kappa shape index (κ3) is 2.67. The standard InChI is InChI=1S/C12H16ClN3O3/c1-17-9-7-8(16-3-5-19-6-4-16)12(18-2)10(13)11(9)15-14/h7,9H,3-6H2,1-2H3. The number of hydrogen-bond acceptors (Lipinski definition) is 4. The number of hydrogen-bond donors (Lipinski definition) is 0. The zero-order valence-electron chi connectivity index (χ0n) is 10.9. The maximum atomic E-state index is 9.04. The average Bonchev–Trinajstić information content (AvgIpc) is 2.47. The summed E-state index contributed by atoms with van der Waals surface area (Å²) in [5.74, 6) is 0.490. The highest BCUT2D eigenvalue weighted by Gasteiger charge is 2.37. The van der Waals surface area contributed by atoms with Crippen LogP contribution in [0.4, 0.5) is 0 Å². The fourth-order valence-corrected chi connectivity index (χ4v) is 2.50. The SMILES string of the molecule is COC1=C(Cl)C(=[N+]=[N-])C(OC)C=C1N1CCOCC1. The lowest BCUT2D eigenvalue weighted by Gasteiger charge is -2.33. The Kier molecular flexibility index (Phi) is 4.61. The number of morpholine rings is 1. The van der Waals surface area contributed by atoms with Crippen molar-refractivity contribution in [2.45, 2.75) is 6.10 Å². The first-order chi connectivity index (χ1) is 9.22. The van der Waals surface area contributed by atoms with E-state index < -0.39 is 6.10 Å². The van der Waals surface area contributed by atoms with Crippen molar-refractivity contribution in [3.05, 3.63) is 28.1 Å². The molecule has 1 fully saturated rings. The summed E-state index contributed by atoms with van der Waals surface area (Å²) in [6, 6.07) is 0. The lowest BCUT2D eigenvalue weighted by Crippen LogP contribution is -2.39. The summed E-state index contributed by atoms with van der Waals surface area (Å²) in [6.07, 6.45) is 1.35.